The van der Waals surface area contributed by atoms with Gasteiger partial charge in [-0.25, -0.2) is 4.79 Å². The number of carbonyl (C=O) groups is 1. The molecule has 3 rings (SSSR count). The molecule has 2 aliphatic rings. The molecule has 41 heavy (non-hydrogen) atoms. The van der Waals surface area contributed by atoms with E-state index in [1.165, 1.54) is 44.1 Å². The number of nitrogens with one attached hydrogen (secondary N) is 1. The molecule has 0 spiro atoms. The average Bonchev–Trinajstić information content (AvgIpc) is 3.07. The predicted octanol–water partition coefficient (Wildman–Crippen LogP) is 6.87. The van der Waals surface area contributed by atoms with Crippen LogP contribution in [0.4, 0.5) is 4.79 Å². The second-order valence-electron chi connectivity index (χ2n) is 14.5. The maximum atomic E-state index is 12.9. The van der Waals surface area contributed by atoms with Gasteiger partial charge in [-0.15, -0.1) is 0 Å². The zero-order valence-electron chi connectivity index (χ0n) is 27.5. The van der Waals surface area contributed by atoms with Crippen LogP contribution in [-0.4, -0.2) is 54.6 Å². The quantitative estimate of drug-likeness (QED) is 0.217. The van der Waals surface area contributed by atoms with Crippen molar-refractivity contribution in [3.05, 3.63) is 29.3 Å². The molecule has 0 radical (unpaired) electrons. The Morgan fingerprint density at radius 2 is 1.49 bits per heavy atom. The number of ether oxygens (including phenoxy) is 3. The predicted molar refractivity (Wildman–Crippen MR) is 166 cm³/mol. The Morgan fingerprint density at radius 1 is 0.902 bits per heavy atom. The van der Waals surface area contributed by atoms with Crippen LogP contribution >= 0.6 is 0 Å². The highest BCUT2D eigenvalue weighted by atomic mass is 16.7. The summed E-state index contributed by atoms with van der Waals surface area (Å²) in [6.45, 7) is 20.6. The van der Waals surface area contributed by atoms with Crippen molar-refractivity contribution in [2.45, 2.75) is 155 Å². The Balaban J connectivity index is 1.81. The highest BCUT2D eigenvalue weighted by molar-refractivity contribution is 6.62. The Labute approximate surface area is 249 Å². The zero-order valence-corrected chi connectivity index (χ0v) is 27.5. The number of carbonyl (C=O) groups excluding carboxylic acids is 1. The maximum Gasteiger partial charge on any atom is 0.495 e. The van der Waals surface area contributed by atoms with E-state index < -0.39 is 41.3 Å². The van der Waals surface area contributed by atoms with Crippen LogP contribution in [0.15, 0.2) is 18.2 Å². The molecule has 2 aliphatic heterocycles. The van der Waals surface area contributed by atoms with E-state index in [0.717, 1.165) is 17.4 Å². The van der Waals surface area contributed by atoms with Gasteiger partial charge in [-0.05, 0) is 105 Å². The van der Waals surface area contributed by atoms with Gasteiger partial charge in [0, 0.05) is 0 Å². The third-order valence-electron chi connectivity index (χ3n) is 8.57. The third kappa shape index (κ3) is 9.70. The van der Waals surface area contributed by atoms with E-state index in [0.29, 0.717) is 26.1 Å². The molecule has 0 aliphatic carbocycles. The van der Waals surface area contributed by atoms with E-state index in [2.05, 4.69) is 58.1 Å². The van der Waals surface area contributed by atoms with Crippen LogP contribution in [0.3, 0.4) is 0 Å². The maximum absolute atomic E-state index is 12.9. The Bertz CT molecular complexity index is 989. The van der Waals surface area contributed by atoms with Crippen LogP contribution in [0, 0.1) is 0 Å². The van der Waals surface area contributed by atoms with Crippen molar-refractivity contribution in [2.24, 2.45) is 0 Å². The summed E-state index contributed by atoms with van der Waals surface area (Å²) < 4.78 is 30.7. The first-order valence-corrected chi connectivity index (χ1v) is 15.7. The minimum absolute atomic E-state index is 0.335. The average molecular weight is 574 g/mol. The van der Waals surface area contributed by atoms with E-state index in [9.17, 15) is 4.79 Å². The highest BCUT2D eigenvalue weighted by Crippen LogP contribution is 2.37. The van der Waals surface area contributed by atoms with E-state index in [1.54, 1.807) is 0 Å². The molecule has 1 N–H and O–H groups in total. The van der Waals surface area contributed by atoms with Gasteiger partial charge in [0.2, 0.25) is 0 Å². The molecule has 0 unspecified atom stereocenters. The number of rotatable bonds is 12. The molecule has 0 aromatic heterocycles. The van der Waals surface area contributed by atoms with Crippen molar-refractivity contribution in [1.82, 2.24) is 5.32 Å². The molecule has 232 valence electrons. The van der Waals surface area contributed by atoms with Gasteiger partial charge >= 0.3 is 13.2 Å². The molecule has 2 saturated heterocycles. The van der Waals surface area contributed by atoms with Crippen molar-refractivity contribution in [3.63, 3.8) is 0 Å². The summed E-state index contributed by atoms with van der Waals surface area (Å²) in [7, 11) is -0.452. The van der Waals surface area contributed by atoms with Crippen LogP contribution < -0.4 is 10.8 Å². The molecule has 0 saturated carbocycles. The summed E-state index contributed by atoms with van der Waals surface area (Å²) in [6, 6.07) is 6.72. The molecular formula is C33H56BNO6. The molecule has 1 aromatic carbocycles. The molecule has 8 heteroatoms. The van der Waals surface area contributed by atoms with Gasteiger partial charge in [-0.3, -0.25) is 0 Å². The lowest BCUT2D eigenvalue weighted by atomic mass is 9.73. The number of benzene rings is 1. The van der Waals surface area contributed by atoms with Crippen LogP contribution in [0.2, 0.25) is 0 Å². The molecule has 1 aromatic rings. The van der Waals surface area contributed by atoms with E-state index >= 15 is 0 Å². The van der Waals surface area contributed by atoms with E-state index in [4.69, 9.17) is 23.5 Å². The second kappa shape index (κ2) is 13.4. The standard InChI is InChI=1S/C33H56BNO6/c1-11-12-13-14-15-16-17-25-18-19-26(27(22-25)34-40-30(5,6)31(7,8)41-34)20-21-33(23-37-32(9,10)38-24-33)35-28(36)39-29(2,3)4/h18-19,22H,11-17,20-21,23-24H2,1-10H3,(H,35,36). The fourth-order valence-electron chi connectivity index (χ4n) is 5.21. The summed E-state index contributed by atoms with van der Waals surface area (Å²) >= 11 is 0. The zero-order chi connectivity index (χ0) is 30.5. The number of hydrogen-bond acceptors (Lipinski definition) is 6. The minimum atomic E-state index is -0.720. The fraction of sp³-hybridized carbons (Fsp3) is 0.788. The number of hydrogen-bond donors (Lipinski definition) is 1. The lowest BCUT2D eigenvalue weighted by molar-refractivity contribution is -0.271. The summed E-state index contributed by atoms with van der Waals surface area (Å²) in [5.41, 5.74) is 1.34. The number of unbranched alkanes of at least 4 members (excludes halogenated alkanes) is 5. The Kier molecular flexibility index (Phi) is 11.0. The molecular weight excluding hydrogens is 517 g/mol. The number of alkyl carbamates (subject to hydrolysis) is 1. The van der Waals surface area contributed by atoms with Crippen LogP contribution in [0.5, 0.6) is 0 Å². The SMILES string of the molecule is CCCCCCCCc1ccc(CCC2(NC(=O)OC(C)(C)C)COC(C)(C)OC2)c(B2OC(C)(C)C(C)(C)O2)c1. The third-order valence-corrected chi connectivity index (χ3v) is 8.57. The summed E-state index contributed by atoms with van der Waals surface area (Å²) in [6.07, 6.45) is 9.52. The molecule has 2 heterocycles. The molecule has 0 atom stereocenters. The van der Waals surface area contributed by atoms with Crippen molar-refractivity contribution in [1.29, 1.82) is 0 Å². The monoisotopic (exact) mass is 573 g/mol. The fourth-order valence-corrected chi connectivity index (χ4v) is 5.21. The second-order valence-corrected chi connectivity index (χ2v) is 14.5. The van der Waals surface area contributed by atoms with Crippen LogP contribution in [0.1, 0.15) is 125 Å². The van der Waals surface area contributed by atoms with Crippen molar-refractivity contribution < 1.29 is 28.3 Å². The van der Waals surface area contributed by atoms with Crippen molar-refractivity contribution >= 4 is 18.7 Å². The van der Waals surface area contributed by atoms with Crippen LogP contribution in [0.25, 0.3) is 0 Å². The van der Waals surface area contributed by atoms with Gasteiger partial charge in [0.1, 0.15) is 5.60 Å². The first-order valence-electron chi connectivity index (χ1n) is 15.7. The topological polar surface area (TPSA) is 75.3 Å². The highest BCUT2D eigenvalue weighted by Gasteiger charge is 2.52. The van der Waals surface area contributed by atoms with Crippen molar-refractivity contribution in [3.8, 4) is 0 Å². The number of aryl methyl sites for hydroxylation is 2. The van der Waals surface area contributed by atoms with E-state index in [-0.39, 0.29) is 0 Å². The van der Waals surface area contributed by atoms with Gasteiger partial charge < -0.3 is 28.8 Å². The minimum Gasteiger partial charge on any atom is -0.444 e. The summed E-state index contributed by atoms with van der Waals surface area (Å²) in [5, 5.41) is 3.10. The molecule has 0 bridgehead atoms. The van der Waals surface area contributed by atoms with Crippen molar-refractivity contribution in [2.75, 3.05) is 13.2 Å². The Hall–Kier alpha value is -1.61. The van der Waals surface area contributed by atoms with Crippen LogP contribution in [-0.2, 0) is 36.4 Å². The van der Waals surface area contributed by atoms with Gasteiger partial charge in [-0.2, -0.15) is 0 Å². The smallest absolute Gasteiger partial charge is 0.444 e. The van der Waals surface area contributed by atoms with Gasteiger partial charge in [0.25, 0.3) is 0 Å². The summed E-state index contributed by atoms with van der Waals surface area (Å²) in [4.78, 5) is 12.9. The lowest BCUT2D eigenvalue weighted by Crippen LogP contribution is -2.61. The molecule has 2 fully saturated rings. The first kappa shape index (κ1) is 33.9. The molecule has 1 amide bonds. The lowest BCUT2D eigenvalue weighted by Gasteiger charge is -2.44. The van der Waals surface area contributed by atoms with E-state index in [1.807, 2.05) is 34.6 Å². The van der Waals surface area contributed by atoms with Gasteiger partial charge in [0.15, 0.2) is 5.79 Å². The van der Waals surface area contributed by atoms with Gasteiger partial charge in [-0.1, -0.05) is 57.2 Å². The summed E-state index contributed by atoms with van der Waals surface area (Å²) in [5.74, 6) is -0.703. The molecule has 7 nitrogen and oxygen atoms in total. The Morgan fingerprint density at radius 3 is 2.07 bits per heavy atom. The first-order chi connectivity index (χ1) is 19.0. The number of amides is 1. The largest absolute Gasteiger partial charge is 0.495 e. The normalized spacial score (nSPS) is 21.1. The van der Waals surface area contributed by atoms with Gasteiger partial charge in [0.05, 0.1) is 30.0 Å².